The summed E-state index contributed by atoms with van der Waals surface area (Å²) in [7, 11) is 0. The first-order valence-electron chi connectivity index (χ1n) is 4.28. The standard InChI is InChI=1S/C8H11NO4S/c1-2-3-9-7(12)5(4-6(10)11)14-8(9)13/h5H,2-4H2,1H3,(H,10,11)/p-1/t5-/m1/s1. The number of hydrogen-bond acceptors (Lipinski definition) is 5. The van der Waals surface area contributed by atoms with Gasteiger partial charge >= 0.3 is 0 Å². The van der Waals surface area contributed by atoms with Gasteiger partial charge in [0.05, 0.1) is 5.25 Å². The number of hydrogen-bond donors (Lipinski definition) is 0. The molecule has 0 aliphatic carbocycles. The molecule has 14 heavy (non-hydrogen) atoms. The Morgan fingerprint density at radius 3 is 2.71 bits per heavy atom. The maximum absolute atomic E-state index is 11.4. The summed E-state index contributed by atoms with van der Waals surface area (Å²) in [6, 6.07) is 0. The Balaban J connectivity index is 2.64. The Labute approximate surface area is 85.4 Å². The molecule has 6 heteroatoms. The number of imide groups is 1. The van der Waals surface area contributed by atoms with Gasteiger partial charge in [-0.15, -0.1) is 0 Å². The minimum absolute atomic E-state index is 0.355. The zero-order valence-electron chi connectivity index (χ0n) is 7.69. The molecule has 78 valence electrons. The molecule has 1 atom stereocenters. The fourth-order valence-electron chi connectivity index (χ4n) is 1.20. The van der Waals surface area contributed by atoms with E-state index in [1.165, 1.54) is 0 Å². The summed E-state index contributed by atoms with van der Waals surface area (Å²) in [5.74, 6) is -1.71. The van der Waals surface area contributed by atoms with Crippen LogP contribution in [-0.2, 0) is 9.59 Å². The SMILES string of the molecule is CCCN1C(=O)S[C@H](CC(=O)[O-])C1=O. The van der Waals surface area contributed by atoms with Gasteiger partial charge in [0.1, 0.15) is 0 Å². The number of carboxylic acid groups (broad SMARTS) is 1. The van der Waals surface area contributed by atoms with Gasteiger partial charge in [0.2, 0.25) is 5.91 Å². The number of thioether (sulfide) groups is 1. The van der Waals surface area contributed by atoms with Crippen LogP contribution in [0.1, 0.15) is 19.8 Å². The van der Waals surface area contributed by atoms with E-state index in [1.807, 2.05) is 6.92 Å². The van der Waals surface area contributed by atoms with Crippen molar-refractivity contribution in [2.75, 3.05) is 6.54 Å². The Kier molecular flexibility index (Phi) is 3.51. The zero-order valence-corrected chi connectivity index (χ0v) is 8.50. The molecule has 0 unspecified atom stereocenters. The first-order chi connectivity index (χ1) is 6.56. The van der Waals surface area contributed by atoms with Crippen molar-refractivity contribution < 1.29 is 19.5 Å². The third-order valence-corrected chi connectivity index (χ3v) is 2.88. The molecular weight excluding hydrogens is 206 g/mol. The average Bonchev–Trinajstić information content (AvgIpc) is 2.32. The minimum atomic E-state index is -1.30. The normalized spacial score (nSPS) is 21.8. The van der Waals surface area contributed by atoms with Crippen LogP contribution in [0.5, 0.6) is 0 Å². The number of carboxylic acids is 1. The molecule has 2 amide bonds. The van der Waals surface area contributed by atoms with Crippen LogP contribution in [0.2, 0.25) is 0 Å². The van der Waals surface area contributed by atoms with E-state index < -0.39 is 23.5 Å². The van der Waals surface area contributed by atoms with E-state index in [0.717, 1.165) is 16.7 Å². The van der Waals surface area contributed by atoms with Crippen LogP contribution in [0.25, 0.3) is 0 Å². The van der Waals surface area contributed by atoms with Crippen molar-refractivity contribution in [1.82, 2.24) is 4.90 Å². The van der Waals surface area contributed by atoms with Crippen molar-refractivity contribution in [3.63, 3.8) is 0 Å². The van der Waals surface area contributed by atoms with E-state index in [-0.39, 0.29) is 5.24 Å². The van der Waals surface area contributed by atoms with Crippen molar-refractivity contribution in [1.29, 1.82) is 0 Å². The van der Waals surface area contributed by atoms with E-state index in [2.05, 4.69) is 0 Å². The summed E-state index contributed by atoms with van der Waals surface area (Å²) in [5.41, 5.74) is 0. The third kappa shape index (κ3) is 2.25. The van der Waals surface area contributed by atoms with Crippen LogP contribution in [-0.4, -0.2) is 33.8 Å². The molecule has 0 aromatic rings. The van der Waals surface area contributed by atoms with E-state index in [9.17, 15) is 19.5 Å². The maximum atomic E-state index is 11.4. The molecule has 1 aliphatic heterocycles. The van der Waals surface area contributed by atoms with Gasteiger partial charge in [0.25, 0.3) is 5.24 Å². The first kappa shape index (κ1) is 11.0. The highest BCUT2D eigenvalue weighted by molar-refractivity contribution is 8.15. The van der Waals surface area contributed by atoms with E-state index in [0.29, 0.717) is 13.0 Å². The highest BCUT2D eigenvalue weighted by Gasteiger charge is 2.38. The van der Waals surface area contributed by atoms with E-state index in [4.69, 9.17) is 0 Å². The summed E-state index contributed by atoms with van der Waals surface area (Å²) in [5, 5.41) is 9.11. The first-order valence-corrected chi connectivity index (χ1v) is 5.16. The highest BCUT2D eigenvalue weighted by atomic mass is 32.2. The second kappa shape index (κ2) is 4.45. The van der Waals surface area contributed by atoms with Gasteiger partial charge in [-0.1, -0.05) is 18.7 Å². The predicted octanol–water partition coefficient (Wildman–Crippen LogP) is -0.400. The van der Waals surface area contributed by atoms with Crippen molar-refractivity contribution in [2.24, 2.45) is 0 Å². The fourth-order valence-corrected chi connectivity index (χ4v) is 2.20. The second-order valence-corrected chi connectivity index (χ2v) is 4.09. The molecule has 0 radical (unpaired) electrons. The largest absolute Gasteiger partial charge is 0.550 e. The van der Waals surface area contributed by atoms with Crippen LogP contribution >= 0.6 is 11.8 Å². The number of aliphatic carboxylic acids is 1. The molecule has 1 fully saturated rings. The number of carbonyl (C=O) groups is 3. The fraction of sp³-hybridized carbons (Fsp3) is 0.625. The molecule has 1 saturated heterocycles. The Bertz CT molecular complexity index is 279. The smallest absolute Gasteiger partial charge is 0.289 e. The Morgan fingerprint density at radius 1 is 1.57 bits per heavy atom. The number of amides is 2. The lowest BCUT2D eigenvalue weighted by Gasteiger charge is -2.12. The van der Waals surface area contributed by atoms with Gasteiger partial charge in [-0.25, -0.2) is 0 Å². The van der Waals surface area contributed by atoms with Crippen molar-refractivity contribution in [3.8, 4) is 0 Å². The van der Waals surface area contributed by atoms with Gasteiger partial charge in [0.15, 0.2) is 0 Å². The lowest BCUT2D eigenvalue weighted by atomic mass is 10.2. The molecule has 0 N–H and O–H groups in total. The van der Waals surface area contributed by atoms with Gasteiger partial charge in [0, 0.05) is 18.9 Å². The molecule has 1 aliphatic rings. The van der Waals surface area contributed by atoms with Crippen LogP contribution in [0.4, 0.5) is 4.79 Å². The molecule has 0 spiro atoms. The lowest BCUT2D eigenvalue weighted by Crippen LogP contribution is -2.35. The quantitative estimate of drug-likeness (QED) is 0.639. The van der Waals surface area contributed by atoms with Gasteiger partial charge in [-0.3, -0.25) is 14.5 Å². The van der Waals surface area contributed by atoms with Crippen molar-refractivity contribution in [2.45, 2.75) is 25.0 Å². The Morgan fingerprint density at radius 2 is 2.21 bits per heavy atom. The second-order valence-electron chi connectivity index (χ2n) is 2.94. The van der Waals surface area contributed by atoms with Gasteiger partial charge in [-0.05, 0) is 6.42 Å². The third-order valence-electron chi connectivity index (χ3n) is 1.80. The zero-order chi connectivity index (χ0) is 10.7. The molecule has 0 bridgehead atoms. The summed E-state index contributed by atoms with van der Waals surface area (Å²) >= 11 is 0.767. The minimum Gasteiger partial charge on any atom is -0.550 e. The monoisotopic (exact) mass is 216 g/mol. The molecule has 1 rings (SSSR count). The highest BCUT2D eigenvalue weighted by Crippen LogP contribution is 2.28. The molecular formula is C8H10NO4S-. The topological polar surface area (TPSA) is 77.5 Å². The van der Waals surface area contributed by atoms with Crippen LogP contribution in [0.15, 0.2) is 0 Å². The maximum Gasteiger partial charge on any atom is 0.289 e. The predicted molar refractivity (Wildman–Crippen MR) is 48.4 cm³/mol. The van der Waals surface area contributed by atoms with Crippen molar-refractivity contribution >= 4 is 28.9 Å². The lowest BCUT2D eigenvalue weighted by molar-refractivity contribution is -0.305. The molecule has 0 aromatic heterocycles. The van der Waals surface area contributed by atoms with Gasteiger partial charge < -0.3 is 9.90 Å². The van der Waals surface area contributed by atoms with Crippen molar-refractivity contribution in [3.05, 3.63) is 0 Å². The summed E-state index contributed by atoms with van der Waals surface area (Å²) in [6.07, 6.45) is 0.283. The summed E-state index contributed by atoms with van der Waals surface area (Å²) in [4.78, 5) is 34.0. The summed E-state index contributed by atoms with van der Waals surface area (Å²) in [6.45, 7) is 2.20. The molecule has 0 saturated carbocycles. The summed E-state index contributed by atoms with van der Waals surface area (Å²) < 4.78 is 0. The number of carbonyl (C=O) groups excluding carboxylic acids is 3. The molecule has 5 nitrogen and oxygen atoms in total. The van der Waals surface area contributed by atoms with Crippen LogP contribution < -0.4 is 5.11 Å². The van der Waals surface area contributed by atoms with E-state index >= 15 is 0 Å². The number of nitrogens with zero attached hydrogens (tertiary/aromatic N) is 1. The number of rotatable bonds is 4. The van der Waals surface area contributed by atoms with Crippen LogP contribution in [0.3, 0.4) is 0 Å². The van der Waals surface area contributed by atoms with Crippen LogP contribution in [0, 0.1) is 0 Å². The molecule has 0 aromatic carbocycles. The van der Waals surface area contributed by atoms with E-state index in [1.54, 1.807) is 0 Å². The Hall–Kier alpha value is -1.04. The average molecular weight is 216 g/mol. The van der Waals surface area contributed by atoms with Gasteiger partial charge in [-0.2, -0.15) is 0 Å². The molecule has 1 heterocycles.